The van der Waals surface area contributed by atoms with E-state index in [9.17, 15) is 9.59 Å². The average molecular weight is 241 g/mol. The molecule has 1 amide bonds. The van der Waals surface area contributed by atoms with E-state index in [0.717, 1.165) is 6.42 Å². The fraction of sp³-hybridized carbons (Fsp3) is 0.833. The molecule has 5 nitrogen and oxygen atoms in total. The second kappa shape index (κ2) is 4.64. The quantitative estimate of drug-likeness (QED) is 0.782. The molecule has 1 N–H and O–H groups in total. The van der Waals surface area contributed by atoms with Gasteiger partial charge >= 0.3 is 5.97 Å². The molecular weight excluding hydrogens is 222 g/mol. The lowest BCUT2D eigenvalue weighted by molar-refractivity contribution is -0.145. The second-order valence-electron chi connectivity index (χ2n) is 4.99. The van der Waals surface area contributed by atoms with Gasteiger partial charge in [-0.25, -0.2) is 0 Å². The lowest BCUT2D eigenvalue weighted by Crippen LogP contribution is -2.47. The third-order valence-electron chi connectivity index (χ3n) is 3.82. The van der Waals surface area contributed by atoms with Crippen molar-refractivity contribution in [1.29, 1.82) is 0 Å². The third-order valence-corrected chi connectivity index (χ3v) is 3.82. The van der Waals surface area contributed by atoms with Crippen LogP contribution in [0.4, 0.5) is 0 Å². The average Bonchev–Trinajstić information content (AvgIpc) is 2.81. The first kappa shape index (κ1) is 12.4. The molecule has 0 aromatic heterocycles. The highest BCUT2D eigenvalue weighted by Gasteiger charge is 2.46. The van der Waals surface area contributed by atoms with Gasteiger partial charge in [-0.2, -0.15) is 0 Å². The summed E-state index contributed by atoms with van der Waals surface area (Å²) in [5.74, 6) is -0.801. The van der Waals surface area contributed by atoms with Crippen LogP contribution in [-0.4, -0.2) is 47.7 Å². The zero-order valence-electron chi connectivity index (χ0n) is 10.3. The maximum Gasteiger partial charge on any atom is 0.311 e. The van der Waals surface area contributed by atoms with Crippen molar-refractivity contribution in [3.63, 3.8) is 0 Å². The first-order chi connectivity index (χ1) is 8.06. The molecular formula is C12H19NO4. The number of rotatable bonds is 4. The molecule has 1 aliphatic heterocycles. The number of likely N-dealkylation sites (N-methyl/N-ethyl adjacent to an activating group) is 1. The Kier molecular flexibility index (Phi) is 3.38. The molecule has 96 valence electrons. The van der Waals surface area contributed by atoms with Crippen molar-refractivity contribution in [1.82, 2.24) is 4.90 Å². The van der Waals surface area contributed by atoms with E-state index in [-0.39, 0.29) is 24.5 Å². The number of amides is 1. The second-order valence-corrected chi connectivity index (χ2v) is 4.99. The topological polar surface area (TPSA) is 66.8 Å². The summed E-state index contributed by atoms with van der Waals surface area (Å²) in [6.07, 6.45) is 0.931. The molecule has 0 spiro atoms. The molecule has 1 saturated heterocycles. The SMILES string of the molecule is CCN(C(=O)C1CC1C)C1COCC1C(=O)O. The zero-order chi connectivity index (χ0) is 12.6. The van der Waals surface area contributed by atoms with E-state index in [0.29, 0.717) is 19.1 Å². The van der Waals surface area contributed by atoms with Gasteiger partial charge < -0.3 is 14.7 Å². The Balaban J connectivity index is 2.07. The summed E-state index contributed by atoms with van der Waals surface area (Å²) in [6.45, 7) is 5.06. The van der Waals surface area contributed by atoms with Crippen molar-refractivity contribution < 1.29 is 19.4 Å². The molecule has 17 heavy (non-hydrogen) atoms. The first-order valence-electron chi connectivity index (χ1n) is 6.17. The number of carbonyl (C=O) groups is 2. The highest BCUT2D eigenvalue weighted by molar-refractivity contribution is 5.83. The van der Waals surface area contributed by atoms with E-state index in [1.165, 1.54) is 0 Å². The van der Waals surface area contributed by atoms with Gasteiger partial charge in [0, 0.05) is 12.5 Å². The number of nitrogens with zero attached hydrogens (tertiary/aromatic N) is 1. The van der Waals surface area contributed by atoms with Crippen molar-refractivity contribution in [3.05, 3.63) is 0 Å². The lowest BCUT2D eigenvalue weighted by atomic mass is 10.0. The van der Waals surface area contributed by atoms with Gasteiger partial charge in [-0.05, 0) is 19.3 Å². The number of aliphatic carboxylic acids is 1. The monoisotopic (exact) mass is 241 g/mol. The molecule has 0 aromatic carbocycles. The molecule has 2 rings (SSSR count). The minimum absolute atomic E-state index is 0.0988. The van der Waals surface area contributed by atoms with Crippen LogP contribution in [-0.2, 0) is 14.3 Å². The van der Waals surface area contributed by atoms with Crippen LogP contribution in [0.2, 0.25) is 0 Å². The maximum atomic E-state index is 12.2. The Bertz CT molecular complexity index is 330. The number of carboxylic acids is 1. The fourth-order valence-corrected chi connectivity index (χ4v) is 2.52. The summed E-state index contributed by atoms with van der Waals surface area (Å²) in [5.41, 5.74) is 0. The molecule has 2 aliphatic rings. The molecule has 1 heterocycles. The van der Waals surface area contributed by atoms with Gasteiger partial charge in [0.05, 0.1) is 19.3 Å². The van der Waals surface area contributed by atoms with Crippen LogP contribution in [0.5, 0.6) is 0 Å². The zero-order valence-corrected chi connectivity index (χ0v) is 10.3. The van der Waals surface area contributed by atoms with Crippen LogP contribution < -0.4 is 0 Å². The van der Waals surface area contributed by atoms with E-state index >= 15 is 0 Å². The number of hydrogen-bond acceptors (Lipinski definition) is 3. The van der Waals surface area contributed by atoms with Crippen LogP contribution in [0.1, 0.15) is 20.3 Å². The normalized spacial score (nSPS) is 35.6. The van der Waals surface area contributed by atoms with Crippen LogP contribution in [0.25, 0.3) is 0 Å². The Morgan fingerprint density at radius 3 is 2.47 bits per heavy atom. The smallest absolute Gasteiger partial charge is 0.311 e. The molecule has 1 aliphatic carbocycles. The van der Waals surface area contributed by atoms with Gasteiger partial charge in [0.2, 0.25) is 5.91 Å². The van der Waals surface area contributed by atoms with Gasteiger partial charge in [0.15, 0.2) is 0 Å². The van der Waals surface area contributed by atoms with E-state index in [1.54, 1.807) is 4.90 Å². The fourth-order valence-electron chi connectivity index (χ4n) is 2.52. The van der Waals surface area contributed by atoms with Gasteiger partial charge in [0.1, 0.15) is 5.92 Å². The minimum atomic E-state index is -0.873. The molecule has 0 aromatic rings. The van der Waals surface area contributed by atoms with Crippen LogP contribution >= 0.6 is 0 Å². The van der Waals surface area contributed by atoms with E-state index in [4.69, 9.17) is 9.84 Å². The number of ether oxygens (including phenoxy) is 1. The predicted octanol–water partition coefficient (Wildman–Crippen LogP) is 0.591. The minimum Gasteiger partial charge on any atom is -0.481 e. The van der Waals surface area contributed by atoms with Gasteiger partial charge in [0.25, 0.3) is 0 Å². The van der Waals surface area contributed by atoms with Crippen LogP contribution in [0.15, 0.2) is 0 Å². The van der Waals surface area contributed by atoms with E-state index < -0.39 is 11.9 Å². The summed E-state index contributed by atoms with van der Waals surface area (Å²) in [4.78, 5) is 25.0. The highest BCUT2D eigenvalue weighted by atomic mass is 16.5. The lowest BCUT2D eigenvalue weighted by Gasteiger charge is -2.29. The van der Waals surface area contributed by atoms with Crippen LogP contribution in [0, 0.1) is 17.8 Å². The van der Waals surface area contributed by atoms with Crippen molar-refractivity contribution in [2.45, 2.75) is 26.3 Å². The summed E-state index contributed by atoms with van der Waals surface area (Å²) in [6, 6.07) is -0.294. The number of carbonyl (C=O) groups excluding carboxylic acids is 1. The summed E-state index contributed by atoms with van der Waals surface area (Å²) in [5, 5.41) is 9.10. The number of hydrogen-bond donors (Lipinski definition) is 1. The summed E-state index contributed by atoms with van der Waals surface area (Å²) in [7, 11) is 0. The Hall–Kier alpha value is -1.10. The van der Waals surface area contributed by atoms with Crippen LogP contribution in [0.3, 0.4) is 0 Å². The molecule has 0 radical (unpaired) electrons. The van der Waals surface area contributed by atoms with Gasteiger partial charge in [-0.1, -0.05) is 6.92 Å². The van der Waals surface area contributed by atoms with Crippen molar-refractivity contribution in [2.75, 3.05) is 19.8 Å². The van der Waals surface area contributed by atoms with Crippen molar-refractivity contribution in [3.8, 4) is 0 Å². The molecule has 4 atom stereocenters. The third kappa shape index (κ3) is 2.29. The summed E-state index contributed by atoms with van der Waals surface area (Å²) < 4.78 is 5.22. The molecule has 5 heteroatoms. The van der Waals surface area contributed by atoms with E-state index in [1.807, 2.05) is 6.92 Å². The molecule has 4 unspecified atom stereocenters. The first-order valence-corrected chi connectivity index (χ1v) is 6.17. The predicted molar refractivity (Wildman–Crippen MR) is 60.4 cm³/mol. The van der Waals surface area contributed by atoms with Crippen molar-refractivity contribution >= 4 is 11.9 Å². The van der Waals surface area contributed by atoms with Gasteiger partial charge in [-0.15, -0.1) is 0 Å². The highest BCUT2D eigenvalue weighted by Crippen LogP contribution is 2.40. The van der Waals surface area contributed by atoms with Crippen molar-refractivity contribution in [2.24, 2.45) is 17.8 Å². The Morgan fingerprint density at radius 1 is 1.35 bits per heavy atom. The largest absolute Gasteiger partial charge is 0.481 e. The van der Waals surface area contributed by atoms with E-state index in [2.05, 4.69) is 6.92 Å². The van der Waals surface area contributed by atoms with Gasteiger partial charge in [-0.3, -0.25) is 9.59 Å². The maximum absolute atomic E-state index is 12.2. The summed E-state index contributed by atoms with van der Waals surface area (Å²) >= 11 is 0. The standard InChI is InChI=1S/C12H19NO4/c1-3-13(11(14)8-4-7(8)2)10-6-17-5-9(10)12(15)16/h7-10H,3-6H2,1-2H3,(H,15,16). The molecule has 1 saturated carbocycles. The molecule has 0 bridgehead atoms. The Labute approximate surface area is 101 Å². The number of carboxylic acid groups (broad SMARTS) is 1. The Morgan fingerprint density at radius 2 is 2.00 bits per heavy atom. The molecule has 2 fully saturated rings.